The van der Waals surface area contributed by atoms with E-state index in [1.165, 1.54) is 18.2 Å². The fourth-order valence-electron chi connectivity index (χ4n) is 2.19. The van der Waals surface area contributed by atoms with Crippen molar-refractivity contribution in [1.82, 2.24) is 0 Å². The lowest BCUT2D eigenvalue weighted by atomic mass is 10.0. The zero-order valence-corrected chi connectivity index (χ0v) is 11.5. The molecule has 0 atom stereocenters. The Morgan fingerprint density at radius 2 is 1.89 bits per heavy atom. The van der Waals surface area contributed by atoms with Crippen LogP contribution in [0.4, 0.5) is 5.69 Å². The van der Waals surface area contributed by atoms with Gasteiger partial charge in [-0.15, -0.1) is 0 Å². The summed E-state index contributed by atoms with van der Waals surface area (Å²) in [5.41, 5.74) is 0.392. The van der Waals surface area contributed by atoms with Crippen LogP contribution in [0.1, 0.15) is 32.1 Å². The van der Waals surface area contributed by atoms with Gasteiger partial charge in [0.15, 0.2) is 0 Å². The lowest BCUT2D eigenvalue weighted by Gasteiger charge is -2.22. The molecule has 0 saturated heterocycles. The maximum Gasteiger partial charge on any atom is 0.235 e. The lowest BCUT2D eigenvalue weighted by molar-refractivity contribution is 0.475. The molecule has 0 amide bonds. The molecule has 0 radical (unpaired) electrons. The fourth-order valence-corrected chi connectivity index (χ4v) is 3.95. The van der Waals surface area contributed by atoms with Crippen LogP contribution < -0.4 is 4.72 Å². The molecule has 0 spiro atoms. The van der Waals surface area contributed by atoms with Crippen molar-refractivity contribution in [2.75, 3.05) is 4.72 Å². The van der Waals surface area contributed by atoms with E-state index in [0.717, 1.165) is 19.3 Å². The van der Waals surface area contributed by atoms with Crippen molar-refractivity contribution >= 4 is 27.3 Å². The number of phenols is 1. The molecule has 0 bridgehead atoms. The first-order valence-electron chi connectivity index (χ1n) is 5.99. The van der Waals surface area contributed by atoms with Gasteiger partial charge in [-0.25, -0.2) is 8.42 Å². The minimum absolute atomic E-state index is 0.0581. The van der Waals surface area contributed by atoms with Crippen LogP contribution in [-0.2, 0) is 10.0 Å². The number of hydrogen-bond donors (Lipinski definition) is 2. The van der Waals surface area contributed by atoms with Gasteiger partial charge in [0.25, 0.3) is 0 Å². The van der Waals surface area contributed by atoms with Gasteiger partial charge in [0.2, 0.25) is 10.0 Å². The van der Waals surface area contributed by atoms with E-state index < -0.39 is 10.0 Å². The zero-order valence-electron chi connectivity index (χ0n) is 9.89. The van der Waals surface area contributed by atoms with Gasteiger partial charge in [-0.05, 0) is 31.0 Å². The minimum atomic E-state index is -3.36. The van der Waals surface area contributed by atoms with Gasteiger partial charge in [0.05, 0.1) is 16.0 Å². The van der Waals surface area contributed by atoms with Crippen LogP contribution in [0.15, 0.2) is 18.2 Å². The molecule has 0 unspecified atom stereocenters. The summed E-state index contributed by atoms with van der Waals surface area (Å²) in [4.78, 5) is 0. The van der Waals surface area contributed by atoms with Gasteiger partial charge >= 0.3 is 0 Å². The average Bonchev–Trinajstić information content (AvgIpc) is 2.35. The van der Waals surface area contributed by atoms with Crippen LogP contribution in [0.25, 0.3) is 0 Å². The molecular weight excluding hydrogens is 274 g/mol. The van der Waals surface area contributed by atoms with E-state index in [0.29, 0.717) is 18.5 Å². The molecule has 1 saturated carbocycles. The van der Waals surface area contributed by atoms with Gasteiger partial charge < -0.3 is 5.11 Å². The summed E-state index contributed by atoms with van der Waals surface area (Å²) < 4.78 is 26.8. The minimum Gasteiger partial charge on any atom is -0.506 e. The molecule has 18 heavy (non-hydrogen) atoms. The van der Waals surface area contributed by atoms with E-state index in [1.54, 1.807) is 0 Å². The first-order chi connectivity index (χ1) is 8.49. The zero-order chi connectivity index (χ0) is 13.2. The van der Waals surface area contributed by atoms with Crippen molar-refractivity contribution in [3.05, 3.63) is 23.2 Å². The van der Waals surface area contributed by atoms with Crippen molar-refractivity contribution < 1.29 is 13.5 Å². The summed E-state index contributed by atoms with van der Waals surface area (Å²) in [5.74, 6) is -0.0581. The summed E-state index contributed by atoms with van der Waals surface area (Å²) in [6.07, 6.45) is 4.45. The molecule has 1 aliphatic rings. The van der Waals surface area contributed by atoms with Gasteiger partial charge in [-0.1, -0.05) is 30.9 Å². The Hall–Kier alpha value is -0.940. The highest BCUT2D eigenvalue weighted by molar-refractivity contribution is 7.93. The quantitative estimate of drug-likeness (QED) is 0.840. The molecule has 2 rings (SSSR count). The average molecular weight is 290 g/mol. The summed E-state index contributed by atoms with van der Waals surface area (Å²) in [5, 5.41) is 9.10. The summed E-state index contributed by atoms with van der Waals surface area (Å²) in [7, 11) is -3.36. The standard InChI is InChI=1S/C12H16ClNO3S/c13-11-8-9(6-7-12(11)15)14-18(16,17)10-4-2-1-3-5-10/h6-8,10,14-15H,1-5H2. The number of nitrogens with one attached hydrogen (secondary N) is 1. The molecule has 4 nitrogen and oxygen atoms in total. The molecule has 0 aromatic heterocycles. The molecule has 0 aliphatic heterocycles. The number of hydrogen-bond acceptors (Lipinski definition) is 3. The SMILES string of the molecule is O=S(=O)(Nc1ccc(O)c(Cl)c1)C1CCCCC1. The number of phenolic OH excluding ortho intramolecular Hbond substituents is 1. The number of aromatic hydroxyl groups is 1. The molecule has 1 fully saturated rings. The second-order valence-electron chi connectivity index (χ2n) is 4.57. The second-order valence-corrected chi connectivity index (χ2v) is 6.94. The maximum atomic E-state index is 12.1. The van der Waals surface area contributed by atoms with E-state index in [9.17, 15) is 13.5 Å². The van der Waals surface area contributed by atoms with Crippen molar-refractivity contribution in [3.8, 4) is 5.75 Å². The highest BCUT2D eigenvalue weighted by atomic mass is 35.5. The monoisotopic (exact) mass is 289 g/mol. The van der Waals surface area contributed by atoms with Crippen molar-refractivity contribution in [2.45, 2.75) is 37.4 Å². The highest BCUT2D eigenvalue weighted by Crippen LogP contribution is 2.29. The molecule has 6 heteroatoms. The Morgan fingerprint density at radius 1 is 1.22 bits per heavy atom. The normalized spacial score (nSPS) is 17.6. The number of benzene rings is 1. The highest BCUT2D eigenvalue weighted by Gasteiger charge is 2.27. The van der Waals surface area contributed by atoms with Gasteiger partial charge in [-0.2, -0.15) is 0 Å². The van der Waals surface area contributed by atoms with Gasteiger partial charge in [0.1, 0.15) is 5.75 Å². The number of anilines is 1. The van der Waals surface area contributed by atoms with Gasteiger partial charge in [-0.3, -0.25) is 4.72 Å². The molecular formula is C12H16ClNO3S. The van der Waals surface area contributed by atoms with Crippen molar-refractivity contribution in [3.63, 3.8) is 0 Å². The Bertz CT molecular complexity index is 524. The van der Waals surface area contributed by atoms with E-state index >= 15 is 0 Å². The van der Waals surface area contributed by atoms with E-state index in [-0.39, 0.29) is 16.0 Å². The van der Waals surface area contributed by atoms with Crippen LogP contribution in [0, 0.1) is 0 Å². The molecule has 100 valence electrons. The predicted octanol–water partition coefficient (Wildman–Crippen LogP) is 3.12. The largest absolute Gasteiger partial charge is 0.506 e. The topological polar surface area (TPSA) is 66.4 Å². The Balaban J connectivity index is 2.13. The number of sulfonamides is 1. The molecule has 0 heterocycles. The first kappa shape index (κ1) is 13.5. The van der Waals surface area contributed by atoms with Crippen LogP contribution in [-0.4, -0.2) is 18.8 Å². The van der Waals surface area contributed by atoms with Gasteiger partial charge in [0, 0.05) is 0 Å². The van der Waals surface area contributed by atoms with E-state index in [4.69, 9.17) is 11.6 Å². The fraction of sp³-hybridized carbons (Fsp3) is 0.500. The van der Waals surface area contributed by atoms with E-state index in [1.807, 2.05) is 0 Å². The Labute approximate surface area is 112 Å². The molecule has 2 N–H and O–H groups in total. The summed E-state index contributed by atoms with van der Waals surface area (Å²) in [6, 6.07) is 4.29. The molecule has 1 aliphatic carbocycles. The third-order valence-electron chi connectivity index (χ3n) is 3.20. The summed E-state index contributed by atoms with van der Waals surface area (Å²) in [6.45, 7) is 0. The first-order valence-corrected chi connectivity index (χ1v) is 7.91. The van der Waals surface area contributed by atoms with E-state index in [2.05, 4.69) is 4.72 Å². The maximum absolute atomic E-state index is 12.1. The summed E-state index contributed by atoms with van der Waals surface area (Å²) >= 11 is 5.74. The predicted molar refractivity (Wildman–Crippen MR) is 72.5 cm³/mol. The van der Waals surface area contributed by atoms with Crippen molar-refractivity contribution in [2.24, 2.45) is 0 Å². The van der Waals surface area contributed by atoms with Crippen LogP contribution in [0.3, 0.4) is 0 Å². The third kappa shape index (κ3) is 3.09. The lowest BCUT2D eigenvalue weighted by Crippen LogP contribution is -2.29. The smallest absolute Gasteiger partial charge is 0.235 e. The Kier molecular flexibility index (Phi) is 4.02. The molecule has 1 aromatic carbocycles. The number of rotatable bonds is 3. The van der Waals surface area contributed by atoms with Crippen LogP contribution in [0.5, 0.6) is 5.75 Å². The number of halogens is 1. The van der Waals surface area contributed by atoms with Crippen LogP contribution >= 0.6 is 11.6 Å². The third-order valence-corrected chi connectivity index (χ3v) is 5.37. The van der Waals surface area contributed by atoms with Crippen LogP contribution in [0.2, 0.25) is 5.02 Å². The Morgan fingerprint density at radius 3 is 2.50 bits per heavy atom. The second kappa shape index (κ2) is 5.36. The molecule has 1 aromatic rings. The van der Waals surface area contributed by atoms with Crippen molar-refractivity contribution in [1.29, 1.82) is 0 Å².